The average Bonchev–Trinajstić information content (AvgIpc) is 3.23. The van der Waals surface area contributed by atoms with E-state index in [1.807, 2.05) is 24.3 Å². The van der Waals surface area contributed by atoms with Crippen LogP contribution >= 0.6 is 15.9 Å². The molecule has 138 valence electrons. The molecule has 1 N–H and O–H groups in total. The van der Waals surface area contributed by atoms with Crippen LogP contribution in [0.2, 0.25) is 0 Å². The van der Waals surface area contributed by atoms with E-state index in [9.17, 15) is 9.59 Å². The Hall–Kier alpha value is -3.00. The van der Waals surface area contributed by atoms with Crippen molar-refractivity contribution in [2.24, 2.45) is 0 Å². The van der Waals surface area contributed by atoms with Crippen molar-refractivity contribution in [1.82, 2.24) is 20.1 Å². The molecule has 27 heavy (non-hydrogen) atoms. The molecule has 0 saturated heterocycles. The number of aromatic nitrogens is 3. The predicted molar refractivity (Wildman–Crippen MR) is 102 cm³/mol. The van der Waals surface area contributed by atoms with Gasteiger partial charge in [0.05, 0.1) is 25.1 Å². The van der Waals surface area contributed by atoms with Gasteiger partial charge in [-0.05, 0) is 35.9 Å². The first-order valence-corrected chi connectivity index (χ1v) is 8.95. The fourth-order valence-corrected chi connectivity index (χ4v) is 2.76. The van der Waals surface area contributed by atoms with Crippen molar-refractivity contribution in [2.75, 3.05) is 7.11 Å². The summed E-state index contributed by atoms with van der Waals surface area (Å²) in [6.07, 6.45) is 4.92. The van der Waals surface area contributed by atoms with E-state index < -0.39 is 12.0 Å². The number of hydrogen-bond acceptors (Lipinski definition) is 5. The summed E-state index contributed by atoms with van der Waals surface area (Å²) in [6.45, 7) is 0. The second-order valence-electron chi connectivity index (χ2n) is 5.71. The number of amides is 1. The Morgan fingerprint density at radius 3 is 2.59 bits per heavy atom. The highest BCUT2D eigenvalue weighted by molar-refractivity contribution is 9.10. The van der Waals surface area contributed by atoms with Gasteiger partial charge in [-0.25, -0.2) is 9.67 Å². The van der Waals surface area contributed by atoms with Gasteiger partial charge in [-0.2, -0.15) is 5.10 Å². The van der Waals surface area contributed by atoms with Gasteiger partial charge in [0.1, 0.15) is 0 Å². The zero-order valence-corrected chi connectivity index (χ0v) is 16.1. The Kier molecular flexibility index (Phi) is 5.97. The third-order valence-corrected chi connectivity index (χ3v) is 4.45. The predicted octanol–water partition coefficient (Wildman–Crippen LogP) is 3.06. The highest BCUT2D eigenvalue weighted by atomic mass is 79.9. The van der Waals surface area contributed by atoms with Gasteiger partial charge in [-0.15, -0.1) is 0 Å². The van der Waals surface area contributed by atoms with E-state index >= 15 is 0 Å². The summed E-state index contributed by atoms with van der Waals surface area (Å²) < 4.78 is 7.26. The summed E-state index contributed by atoms with van der Waals surface area (Å²) >= 11 is 3.38. The normalized spacial score (nSPS) is 11.6. The van der Waals surface area contributed by atoms with E-state index in [1.165, 1.54) is 13.3 Å². The molecule has 0 bridgehead atoms. The summed E-state index contributed by atoms with van der Waals surface area (Å²) in [7, 11) is 1.32. The third kappa shape index (κ3) is 4.79. The van der Waals surface area contributed by atoms with Crippen LogP contribution in [0.3, 0.4) is 0 Å². The van der Waals surface area contributed by atoms with E-state index in [0.29, 0.717) is 11.4 Å². The summed E-state index contributed by atoms with van der Waals surface area (Å²) in [5, 5.41) is 6.97. The highest BCUT2D eigenvalue weighted by Crippen LogP contribution is 2.21. The number of rotatable bonds is 6. The number of hydrogen-bond donors (Lipinski definition) is 1. The lowest BCUT2D eigenvalue weighted by Crippen LogP contribution is -2.30. The van der Waals surface area contributed by atoms with Crippen molar-refractivity contribution in [3.8, 4) is 5.82 Å². The van der Waals surface area contributed by atoms with Crippen molar-refractivity contribution >= 4 is 27.8 Å². The molecule has 1 atom stereocenters. The van der Waals surface area contributed by atoms with Gasteiger partial charge >= 0.3 is 5.97 Å². The standard InChI is InChI=1S/C19H17BrN4O3/c1-27-18(25)11-16(13-3-6-15(20)7-4-13)23-19(26)14-5-8-17(21-12-14)24-10-2-9-22-24/h2-10,12,16H,11H2,1H3,(H,23,26)/t16-/m1/s1. The number of methoxy groups -OCH3 is 1. The molecule has 0 spiro atoms. The summed E-state index contributed by atoms with van der Waals surface area (Å²) in [5.74, 6) is -0.128. The Labute approximate surface area is 164 Å². The zero-order valence-electron chi connectivity index (χ0n) is 14.5. The fraction of sp³-hybridized carbons (Fsp3) is 0.158. The molecular formula is C19H17BrN4O3. The van der Waals surface area contributed by atoms with Crippen molar-refractivity contribution in [1.29, 1.82) is 0 Å². The monoisotopic (exact) mass is 428 g/mol. The fourth-order valence-electron chi connectivity index (χ4n) is 2.50. The topological polar surface area (TPSA) is 86.1 Å². The molecule has 2 heterocycles. The summed E-state index contributed by atoms with van der Waals surface area (Å²) in [6, 6.07) is 12.0. The molecule has 2 aromatic heterocycles. The van der Waals surface area contributed by atoms with Crippen LogP contribution in [-0.4, -0.2) is 33.8 Å². The maximum Gasteiger partial charge on any atom is 0.307 e. The van der Waals surface area contributed by atoms with Crippen LogP contribution in [0, 0.1) is 0 Å². The second-order valence-corrected chi connectivity index (χ2v) is 6.63. The van der Waals surface area contributed by atoms with Crippen molar-refractivity contribution in [3.63, 3.8) is 0 Å². The van der Waals surface area contributed by atoms with Crippen molar-refractivity contribution < 1.29 is 14.3 Å². The number of nitrogens with one attached hydrogen (secondary N) is 1. The molecule has 3 rings (SSSR count). The minimum atomic E-state index is -0.510. The molecule has 1 aromatic carbocycles. The minimum absolute atomic E-state index is 0.0304. The second kappa shape index (κ2) is 8.59. The van der Waals surface area contributed by atoms with Gasteiger partial charge in [0.2, 0.25) is 0 Å². The number of carbonyl (C=O) groups is 2. The van der Waals surface area contributed by atoms with Crippen LogP contribution in [0.4, 0.5) is 0 Å². The molecule has 0 aliphatic rings. The molecule has 0 aliphatic carbocycles. The molecular weight excluding hydrogens is 412 g/mol. The lowest BCUT2D eigenvalue weighted by Gasteiger charge is -2.18. The Bertz CT molecular complexity index is 909. The number of nitrogens with zero attached hydrogens (tertiary/aromatic N) is 3. The Morgan fingerprint density at radius 1 is 1.22 bits per heavy atom. The van der Waals surface area contributed by atoms with Gasteiger partial charge in [-0.3, -0.25) is 9.59 Å². The summed E-state index contributed by atoms with van der Waals surface area (Å²) in [5.41, 5.74) is 1.19. The first kappa shape index (κ1) is 18.8. The molecule has 3 aromatic rings. The average molecular weight is 429 g/mol. The molecule has 8 heteroatoms. The molecule has 0 unspecified atom stereocenters. The maximum atomic E-state index is 12.6. The van der Waals surface area contributed by atoms with E-state index in [0.717, 1.165) is 10.0 Å². The Balaban J connectivity index is 1.77. The number of ether oxygens (including phenoxy) is 1. The molecule has 0 aliphatic heterocycles. The SMILES string of the molecule is COC(=O)C[C@@H](NC(=O)c1ccc(-n2cccn2)nc1)c1ccc(Br)cc1. The number of pyridine rings is 1. The molecule has 1 amide bonds. The smallest absolute Gasteiger partial charge is 0.307 e. The van der Waals surface area contributed by atoms with Crippen molar-refractivity contribution in [3.05, 3.63) is 76.7 Å². The van der Waals surface area contributed by atoms with Gasteiger partial charge in [0.25, 0.3) is 5.91 Å². The van der Waals surface area contributed by atoms with Gasteiger partial charge < -0.3 is 10.1 Å². The van der Waals surface area contributed by atoms with Crippen LogP contribution in [0.1, 0.15) is 28.4 Å². The quantitative estimate of drug-likeness (QED) is 0.609. The van der Waals surface area contributed by atoms with E-state index in [4.69, 9.17) is 4.74 Å². The minimum Gasteiger partial charge on any atom is -0.469 e. The highest BCUT2D eigenvalue weighted by Gasteiger charge is 2.20. The molecule has 0 fully saturated rings. The zero-order chi connectivity index (χ0) is 19.2. The number of halogens is 1. The first-order chi connectivity index (χ1) is 13.1. The van der Waals surface area contributed by atoms with E-state index in [1.54, 1.807) is 35.3 Å². The van der Waals surface area contributed by atoms with Gasteiger partial charge in [0, 0.05) is 23.1 Å². The number of esters is 1. The van der Waals surface area contributed by atoms with E-state index in [-0.39, 0.29) is 12.3 Å². The molecule has 7 nitrogen and oxygen atoms in total. The largest absolute Gasteiger partial charge is 0.469 e. The van der Waals surface area contributed by atoms with Gasteiger partial charge in [0.15, 0.2) is 5.82 Å². The van der Waals surface area contributed by atoms with Gasteiger partial charge in [-0.1, -0.05) is 28.1 Å². The number of benzene rings is 1. The van der Waals surface area contributed by atoms with Crippen LogP contribution in [-0.2, 0) is 9.53 Å². The van der Waals surface area contributed by atoms with Crippen LogP contribution in [0.5, 0.6) is 0 Å². The summed E-state index contributed by atoms with van der Waals surface area (Å²) in [4.78, 5) is 28.6. The third-order valence-electron chi connectivity index (χ3n) is 3.93. The first-order valence-electron chi connectivity index (χ1n) is 8.16. The number of carbonyl (C=O) groups excluding carboxylic acids is 2. The molecule has 0 saturated carbocycles. The lowest BCUT2D eigenvalue weighted by molar-refractivity contribution is -0.141. The van der Waals surface area contributed by atoms with Crippen LogP contribution in [0.15, 0.2) is 65.5 Å². The van der Waals surface area contributed by atoms with Crippen LogP contribution in [0.25, 0.3) is 5.82 Å². The Morgan fingerprint density at radius 2 is 2.00 bits per heavy atom. The van der Waals surface area contributed by atoms with Crippen molar-refractivity contribution in [2.45, 2.75) is 12.5 Å². The maximum absolute atomic E-state index is 12.6. The lowest BCUT2D eigenvalue weighted by atomic mass is 10.0. The van der Waals surface area contributed by atoms with E-state index in [2.05, 4.69) is 31.3 Å². The molecule has 0 radical (unpaired) electrons. The van der Waals surface area contributed by atoms with Crippen LogP contribution < -0.4 is 5.32 Å².